The molecule has 2 N–H and O–H groups in total. The van der Waals surface area contributed by atoms with Crippen LogP contribution in [0, 0.1) is 0 Å². The molecule has 0 aromatic heterocycles. The zero-order valence-corrected chi connectivity index (χ0v) is 13.2. The van der Waals surface area contributed by atoms with Crippen molar-refractivity contribution in [3.05, 3.63) is 28.8 Å². The number of nitrogens with two attached hydrogens (primary N) is 1. The maximum absolute atomic E-state index is 6.43. The second kappa shape index (κ2) is 7.30. The number of hydrogen-bond donors (Lipinski definition) is 1. The number of halogens is 1. The molecule has 0 radical (unpaired) electrons. The molecule has 3 nitrogen and oxygen atoms in total. The molecule has 0 amide bonds. The molecule has 0 spiro atoms. The Bertz CT molecular complexity index is 438. The molecule has 2 atom stereocenters. The Morgan fingerprint density at radius 3 is 2.90 bits per heavy atom. The monoisotopic (exact) mass is 296 g/mol. The van der Waals surface area contributed by atoms with Gasteiger partial charge < -0.3 is 10.5 Å². The third kappa shape index (κ3) is 3.11. The van der Waals surface area contributed by atoms with Gasteiger partial charge in [0, 0.05) is 23.2 Å². The van der Waals surface area contributed by atoms with Gasteiger partial charge in [-0.2, -0.15) is 0 Å². The number of nitrogens with zero attached hydrogens (tertiary/aromatic N) is 1. The van der Waals surface area contributed by atoms with Gasteiger partial charge in [0.1, 0.15) is 5.75 Å². The first-order valence-electron chi connectivity index (χ1n) is 7.51. The highest BCUT2D eigenvalue weighted by Gasteiger charge is 2.30. The van der Waals surface area contributed by atoms with Crippen LogP contribution < -0.4 is 10.5 Å². The first-order chi connectivity index (χ1) is 9.72. The minimum absolute atomic E-state index is 0.142. The first-order valence-corrected chi connectivity index (χ1v) is 7.88. The van der Waals surface area contributed by atoms with Crippen LogP contribution in [0.25, 0.3) is 0 Å². The maximum Gasteiger partial charge on any atom is 0.125 e. The number of piperidine rings is 1. The van der Waals surface area contributed by atoms with Gasteiger partial charge in [-0.15, -0.1) is 0 Å². The Balaban J connectivity index is 2.36. The van der Waals surface area contributed by atoms with E-state index in [0.717, 1.165) is 29.3 Å². The highest BCUT2D eigenvalue weighted by atomic mass is 35.5. The summed E-state index contributed by atoms with van der Waals surface area (Å²) in [6, 6.07) is 6.55. The quantitative estimate of drug-likeness (QED) is 0.902. The molecule has 2 rings (SSSR count). The van der Waals surface area contributed by atoms with Crippen molar-refractivity contribution >= 4 is 11.6 Å². The van der Waals surface area contributed by atoms with E-state index in [-0.39, 0.29) is 6.04 Å². The van der Waals surface area contributed by atoms with Crippen molar-refractivity contribution in [2.24, 2.45) is 5.73 Å². The van der Waals surface area contributed by atoms with Gasteiger partial charge in [0.2, 0.25) is 0 Å². The maximum atomic E-state index is 6.43. The summed E-state index contributed by atoms with van der Waals surface area (Å²) < 4.78 is 5.50. The molecule has 1 fully saturated rings. The van der Waals surface area contributed by atoms with E-state index in [1.807, 2.05) is 18.2 Å². The molecule has 0 saturated carbocycles. The van der Waals surface area contributed by atoms with Gasteiger partial charge in [0.25, 0.3) is 0 Å². The molecule has 4 heteroatoms. The molecule has 1 aliphatic rings. The summed E-state index contributed by atoms with van der Waals surface area (Å²) in [5.74, 6) is 0.841. The number of hydrogen-bond acceptors (Lipinski definition) is 3. The summed E-state index contributed by atoms with van der Waals surface area (Å²) in [6.45, 7) is 3.91. The fourth-order valence-electron chi connectivity index (χ4n) is 3.31. The number of methoxy groups -OCH3 is 1. The Morgan fingerprint density at radius 2 is 2.25 bits per heavy atom. The fourth-order valence-corrected chi connectivity index (χ4v) is 3.60. The van der Waals surface area contributed by atoms with Crippen LogP contribution in [0.4, 0.5) is 0 Å². The Morgan fingerprint density at radius 1 is 1.45 bits per heavy atom. The highest BCUT2D eigenvalue weighted by Crippen LogP contribution is 2.38. The average molecular weight is 297 g/mol. The fraction of sp³-hybridized carbons (Fsp3) is 0.625. The molecule has 1 heterocycles. The lowest BCUT2D eigenvalue weighted by Gasteiger charge is -2.41. The Kier molecular flexibility index (Phi) is 5.70. The van der Waals surface area contributed by atoms with Crippen molar-refractivity contribution in [2.45, 2.75) is 44.7 Å². The SMILES string of the molecule is CCC1CCCCN1C(CN)c1c(Cl)cccc1OC. The molecule has 20 heavy (non-hydrogen) atoms. The second-order valence-electron chi connectivity index (χ2n) is 5.40. The summed E-state index contributed by atoms with van der Waals surface area (Å²) in [6.07, 6.45) is 4.95. The van der Waals surface area contributed by atoms with Crippen molar-refractivity contribution in [1.29, 1.82) is 0 Å². The predicted molar refractivity (Wildman–Crippen MR) is 84.4 cm³/mol. The molecule has 0 aliphatic carbocycles. The highest BCUT2D eigenvalue weighted by molar-refractivity contribution is 6.31. The number of likely N-dealkylation sites (tertiary alicyclic amines) is 1. The van der Waals surface area contributed by atoms with Crippen LogP contribution in [-0.2, 0) is 0 Å². The van der Waals surface area contributed by atoms with Crippen LogP contribution in [0.1, 0.15) is 44.2 Å². The lowest BCUT2D eigenvalue weighted by atomic mass is 9.94. The Hall–Kier alpha value is -0.770. The van der Waals surface area contributed by atoms with Crippen LogP contribution in [0.2, 0.25) is 5.02 Å². The van der Waals surface area contributed by atoms with Crippen LogP contribution in [0.3, 0.4) is 0 Å². The van der Waals surface area contributed by atoms with E-state index in [1.165, 1.54) is 19.3 Å². The Labute approximate surface area is 127 Å². The summed E-state index contributed by atoms with van der Waals surface area (Å²) in [5, 5.41) is 0.750. The van der Waals surface area contributed by atoms with Gasteiger partial charge in [0.05, 0.1) is 13.2 Å². The molecule has 1 saturated heterocycles. The van der Waals surface area contributed by atoms with Crippen molar-refractivity contribution in [3.63, 3.8) is 0 Å². The van der Waals surface area contributed by atoms with E-state index in [2.05, 4.69) is 11.8 Å². The minimum atomic E-state index is 0.142. The topological polar surface area (TPSA) is 38.5 Å². The molecular formula is C16H25ClN2O. The van der Waals surface area contributed by atoms with Gasteiger partial charge in [-0.1, -0.05) is 31.0 Å². The van der Waals surface area contributed by atoms with Crippen molar-refractivity contribution in [1.82, 2.24) is 4.90 Å². The van der Waals surface area contributed by atoms with Crippen LogP contribution in [0.15, 0.2) is 18.2 Å². The molecule has 112 valence electrons. The van der Waals surface area contributed by atoms with Crippen molar-refractivity contribution in [3.8, 4) is 5.75 Å². The zero-order chi connectivity index (χ0) is 14.5. The minimum Gasteiger partial charge on any atom is -0.496 e. The van der Waals surface area contributed by atoms with Gasteiger partial charge in [0.15, 0.2) is 0 Å². The van der Waals surface area contributed by atoms with E-state index >= 15 is 0 Å². The van der Waals surface area contributed by atoms with E-state index < -0.39 is 0 Å². The van der Waals surface area contributed by atoms with Crippen LogP contribution in [-0.4, -0.2) is 31.1 Å². The summed E-state index contributed by atoms with van der Waals surface area (Å²) in [7, 11) is 1.69. The largest absolute Gasteiger partial charge is 0.496 e. The smallest absolute Gasteiger partial charge is 0.125 e. The van der Waals surface area contributed by atoms with Crippen molar-refractivity contribution in [2.75, 3.05) is 20.2 Å². The molecule has 1 aromatic rings. The van der Waals surface area contributed by atoms with E-state index in [4.69, 9.17) is 22.1 Å². The van der Waals surface area contributed by atoms with E-state index in [0.29, 0.717) is 12.6 Å². The van der Waals surface area contributed by atoms with Crippen molar-refractivity contribution < 1.29 is 4.74 Å². The number of ether oxygens (including phenoxy) is 1. The summed E-state index contributed by atoms with van der Waals surface area (Å²) >= 11 is 6.43. The number of benzene rings is 1. The third-order valence-electron chi connectivity index (χ3n) is 4.33. The lowest BCUT2D eigenvalue weighted by Crippen LogP contribution is -2.44. The first kappa shape index (κ1) is 15.6. The molecular weight excluding hydrogens is 272 g/mol. The van der Waals surface area contributed by atoms with E-state index in [1.54, 1.807) is 7.11 Å². The van der Waals surface area contributed by atoms with Crippen LogP contribution >= 0.6 is 11.6 Å². The summed E-state index contributed by atoms with van der Waals surface area (Å²) in [4.78, 5) is 2.52. The predicted octanol–water partition coefficient (Wildman–Crippen LogP) is 3.61. The lowest BCUT2D eigenvalue weighted by molar-refractivity contribution is 0.0935. The van der Waals surface area contributed by atoms with E-state index in [9.17, 15) is 0 Å². The van der Waals surface area contributed by atoms with Crippen LogP contribution in [0.5, 0.6) is 5.75 Å². The summed E-state index contributed by atoms with van der Waals surface area (Å²) in [5.41, 5.74) is 7.13. The third-order valence-corrected chi connectivity index (χ3v) is 4.66. The molecule has 2 unspecified atom stereocenters. The molecule has 0 bridgehead atoms. The molecule has 1 aromatic carbocycles. The standard InChI is InChI=1S/C16H25ClN2O/c1-3-12-7-4-5-10-19(12)14(11-18)16-13(17)8-6-9-15(16)20-2/h6,8-9,12,14H,3-5,7,10-11,18H2,1-2H3. The zero-order valence-electron chi connectivity index (χ0n) is 12.4. The average Bonchev–Trinajstić information content (AvgIpc) is 2.50. The van der Waals surface area contributed by atoms with Gasteiger partial charge in [-0.25, -0.2) is 0 Å². The second-order valence-corrected chi connectivity index (χ2v) is 5.81. The van der Waals surface area contributed by atoms with Gasteiger partial charge in [-0.05, 0) is 37.9 Å². The molecule has 1 aliphatic heterocycles. The van der Waals surface area contributed by atoms with Gasteiger partial charge in [-0.3, -0.25) is 4.90 Å². The van der Waals surface area contributed by atoms with Gasteiger partial charge >= 0.3 is 0 Å². The normalized spacial score (nSPS) is 21.7. The number of rotatable bonds is 5.